The highest BCUT2D eigenvalue weighted by molar-refractivity contribution is 14.1. The SMILES string of the molecule is Cc1cc([N+](=O)[O-])cc(C(=O)O)c1I. The summed E-state index contributed by atoms with van der Waals surface area (Å²) in [7, 11) is 0. The van der Waals surface area contributed by atoms with Crippen LogP contribution in [0.3, 0.4) is 0 Å². The van der Waals surface area contributed by atoms with E-state index in [0.29, 0.717) is 9.13 Å². The molecule has 0 saturated carbocycles. The number of nitrogens with zero attached hydrogens (tertiary/aromatic N) is 1. The lowest BCUT2D eigenvalue weighted by atomic mass is 10.1. The number of hydrogen-bond donors (Lipinski definition) is 1. The standard InChI is InChI=1S/C8H6INO4/c1-4-2-5(10(13)14)3-6(7(4)9)8(11)12/h2-3H,1H3,(H,11,12). The molecule has 14 heavy (non-hydrogen) atoms. The van der Waals surface area contributed by atoms with Crippen LogP contribution in [-0.4, -0.2) is 16.0 Å². The predicted molar refractivity (Wildman–Crippen MR) is 57.5 cm³/mol. The number of hydrogen-bond acceptors (Lipinski definition) is 3. The van der Waals surface area contributed by atoms with E-state index in [-0.39, 0.29) is 11.3 Å². The third kappa shape index (κ3) is 2.00. The van der Waals surface area contributed by atoms with E-state index in [1.54, 1.807) is 6.92 Å². The average molecular weight is 307 g/mol. The lowest BCUT2D eigenvalue weighted by molar-refractivity contribution is -0.384. The number of nitro benzene ring substituents is 1. The van der Waals surface area contributed by atoms with Gasteiger partial charge in [0, 0.05) is 15.7 Å². The largest absolute Gasteiger partial charge is 0.478 e. The van der Waals surface area contributed by atoms with Crippen molar-refractivity contribution in [3.05, 3.63) is 36.9 Å². The zero-order chi connectivity index (χ0) is 10.9. The Hall–Kier alpha value is -1.18. The maximum atomic E-state index is 10.7. The van der Waals surface area contributed by atoms with Crippen LogP contribution in [0.5, 0.6) is 0 Å². The average Bonchev–Trinajstić information content (AvgIpc) is 2.08. The highest BCUT2D eigenvalue weighted by atomic mass is 127. The summed E-state index contributed by atoms with van der Waals surface area (Å²) in [6, 6.07) is 2.42. The van der Waals surface area contributed by atoms with Crippen molar-refractivity contribution in [1.29, 1.82) is 0 Å². The number of carbonyl (C=O) groups is 1. The first-order chi connectivity index (χ1) is 6.43. The molecule has 0 aliphatic heterocycles. The summed E-state index contributed by atoms with van der Waals surface area (Å²) < 4.78 is 0.528. The Bertz CT molecular complexity index is 416. The van der Waals surface area contributed by atoms with Crippen molar-refractivity contribution in [2.45, 2.75) is 6.92 Å². The molecule has 74 valence electrons. The molecule has 1 N–H and O–H groups in total. The molecule has 0 saturated heterocycles. The minimum absolute atomic E-state index is 0.0303. The molecule has 6 heteroatoms. The van der Waals surface area contributed by atoms with Gasteiger partial charge in [-0.15, -0.1) is 0 Å². The van der Waals surface area contributed by atoms with E-state index in [1.807, 2.05) is 22.6 Å². The van der Waals surface area contributed by atoms with Crippen LogP contribution in [0.4, 0.5) is 5.69 Å². The Morgan fingerprint density at radius 1 is 1.57 bits per heavy atom. The summed E-state index contributed by atoms with van der Waals surface area (Å²) >= 11 is 1.86. The third-order valence-corrected chi connectivity index (χ3v) is 3.11. The second kappa shape index (κ2) is 3.91. The number of nitro groups is 1. The summed E-state index contributed by atoms with van der Waals surface area (Å²) in [4.78, 5) is 20.6. The molecule has 0 bridgehead atoms. The monoisotopic (exact) mass is 307 g/mol. The Labute approximate surface area is 93.0 Å². The molecule has 0 heterocycles. The minimum Gasteiger partial charge on any atom is -0.478 e. The van der Waals surface area contributed by atoms with Crippen LogP contribution >= 0.6 is 22.6 Å². The van der Waals surface area contributed by atoms with Crippen LogP contribution in [0.15, 0.2) is 12.1 Å². The van der Waals surface area contributed by atoms with E-state index in [0.717, 1.165) is 6.07 Å². The summed E-state index contributed by atoms with van der Waals surface area (Å²) in [5.74, 6) is -1.15. The zero-order valence-electron chi connectivity index (χ0n) is 7.15. The lowest BCUT2D eigenvalue weighted by Gasteiger charge is -2.02. The van der Waals surface area contributed by atoms with E-state index in [1.165, 1.54) is 6.07 Å². The highest BCUT2D eigenvalue weighted by Gasteiger charge is 2.16. The molecule has 5 nitrogen and oxygen atoms in total. The molecule has 0 aliphatic carbocycles. The van der Waals surface area contributed by atoms with Gasteiger partial charge in [0.2, 0.25) is 0 Å². The van der Waals surface area contributed by atoms with Gasteiger partial charge >= 0.3 is 5.97 Å². The van der Waals surface area contributed by atoms with Gasteiger partial charge in [0.15, 0.2) is 0 Å². The molecule has 0 aromatic heterocycles. The molecule has 0 atom stereocenters. The molecule has 1 rings (SSSR count). The summed E-state index contributed by atoms with van der Waals surface area (Å²) in [5, 5.41) is 19.2. The maximum absolute atomic E-state index is 10.7. The zero-order valence-corrected chi connectivity index (χ0v) is 9.31. The van der Waals surface area contributed by atoms with Crippen LogP contribution in [0.2, 0.25) is 0 Å². The second-order valence-electron chi connectivity index (χ2n) is 2.69. The smallest absolute Gasteiger partial charge is 0.337 e. The van der Waals surface area contributed by atoms with Crippen molar-refractivity contribution >= 4 is 34.2 Å². The van der Waals surface area contributed by atoms with Crippen molar-refractivity contribution < 1.29 is 14.8 Å². The molecule has 0 fully saturated rings. The fraction of sp³-hybridized carbons (Fsp3) is 0.125. The molecule has 0 spiro atoms. The number of carboxylic acids is 1. The summed E-state index contributed by atoms with van der Waals surface area (Å²) in [5.41, 5.74) is 0.370. The van der Waals surface area contributed by atoms with Crippen LogP contribution in [0.25, 0.3) is 0 Å². The molecule has 1 aromatic rings. The van der Waals surface area contributed by atoms with Gasteiger partial charge in [-0.3, -0.25) is 10.1 Å². The van der Waals surface area contributed by atoms with Crippen molar-refractivity contribution in [2.24, 2.45) is 0 Å². The molecule has 0 amide bonds. The van der Waals surface area contributed by atoms with Crippen molar-refractivity contribution in [2.75, 3.05) is 0 Å². The van der Waals surface area contributed by atoms with Gasteiger partial charge in [0.1, 0.15) is 0 Å². The van der Waals surface area contributed by atoms with Gasteiger partial charge in [-0.25, -0.2) is 4.79 Å². The molecular formula is C8H6INO4. The second-order valence-corrected chi connectivity index (χ2v) is 3.77. The number of aromatic carboxylic acids is 1. The maximum Gasteiger partial charge on any atom is 0.337 e. The first-order valence-corrected chi connectivity index (χ1v) is 4.69. The third-order valence-electron chi connectivity index (χ3n) is 1.68. The quantitative estimate of drug-likeness (QED) is 0.516. The van der Waals surface area contributed by atoms with Crippen molar-refractivity contribution in [3.8, 4) is 0 Å². The van der Waals surface area contributed by atoms with Crippen LogP contribution in [-0.2, 0) is 0 Å². The molecule has 0 unspecified atom stereocenters. The topological polar surface area (TPSA) is 80.4 Å². The Morgan fingerprint density at radius 2 is 2.14 bits per heavy atom. The van der Waals surface area contributed by atoms with Crippen molar-refractivity contribution in [1.82, 2.24) is 0 Å². The summed E-state index contributed by atoms with van der Waals surface area (Å²) in [6.07, 6.45) is 0. The number of aryl methyl sites for hydroxylation is 1. The minimum atomic E-state index is -1.15. The van der Waals surface area contributed by atoms with E-state index >= 15 is 0 Å². The molecule has 0 radical (unpaired) electrons. The lowest BCUT2D eigenvalue weighted by Crippen LogP contribution is -2.03. The van der Waals surface area contributed by atoms with Gasteiger partial charge in [-0.1, -0.05) is 0 Å². The Morgan fingerprint density at radius 3 is 2.57 bits per heavy atom. The number of non-ortho nitro benzene ring substituents is 1. The van der Waals surface area contributed by atoms with Gasteiger partial charge < -0.3 is 5.11 Å². The van der Waals surface area contributed by atoms with Gasteiger partial charge in [-0.2, -0.15) is 0 Å². The van der Waals surface area contributed by atoms with Gasteiger partial charge in [-0.05, 0) is 35.1 Å². The van der Waals surface area contributed by atoms with E-state index in [9.17, 15) is 14.9 Å². The first-order valence-electron chi connectivity index (χ1n) is 3.61. The van der Waals surface area contributed by atoms with Crippen LogP contribution in [0.1, 0.15) is 15.9 Å². The fourth-order valence-corrected chi connectivity index (χ4v) is 1.55. The Kier molecular flexibility index (Phi) is 3.04. The highest BCUT2D eigenvalue weighted by Crippen LogP contribution is 2.23. The van der Waals surface area contributed by atoms with E-state index in [4.69, 9.17) is 5.11 Å². The fourth-order valence-electron chi connectivity index (χ4n) is 1.01. The Balaban J connectivity index is 3.43. The molecular weight excluding hydrogens is 301 g/mol. The van der Waals surface area contributed by atoms with Crippen molar-refractivity contribution in [3.63, 3.8) is 0 Å². The van der Waals surface area contributed by atoms with E-state index < -0.39 is 10.9 Å². The van der Waals surface area contributed by atoms with Crippen LogP contribution < -0.4 is 0 Å². The normalized spacial score (nSPS) is 9.86. The number of benzene rings is 1. The number of carboxylic acid groups (broad SMARTS) is 1. The van der Waals surface area contributed by atoms with Crippen LogP contribution in [0, 0.1) is 20.6 Å². The first kappa shape index (κ1) is 10.9. The summed E-state index contributed by atoms with van der Waals surface area (Å²) in [6.45, 7) is 1.64. The number of rotatable bonds is 2. The molecule has 1 aromatic carbocycles. The molecule has 0 aliphatic rings. The number of halogens is 1. The van der Waals surface area contributed by atoms with Gasteiger partial charge in [0.25, 0.3) is 5.69 Å². The predicted octanol–water partition coefficient (Wildman–Crippen LogP) is 2.21. The van der Waals surface area contributed by atoms with Gasteiger partial charge in [0.05, 0.1) is 10.5 Å². The van der Waals surface area contributed by atoms with E-state index in [2.05, 4.69) is 0 Å².